The SMILES string of the molecule is COc1ccc(-c2cn3nc(-c4ccc(N(C)C)c([N+](=O)[O-])c4)sc3n2)cc1. The molecule has 0 radical (unpaired) electrons. The average molecular weight is 395 g/mol. The number of anilines is 1. The van der Waals surface area contributed by atoms with Gasteiger partial charge in [0.15, 0.2) is 0 Å². The average Bonchev–Trinajstić information content (AvgIpc) is 3.26. The Morgan fingerprint density at radius 3 is 2.46 bits per heavy atom. The van der Waals surface area contributed by atoms with Crippen LogP contribution in [0, 0.1) is 10.1 Å². The van der Waals surface area contributed by atoms with Gasteiger partial charge in [0.05, 0.1) is 23.9 Å². The van der Waals surface area contributed by atoms with Gasteiger partial charge < -0.3 is 9.64 Å². The topological polar surface area (TPSA) is 85.8 Å². The first-order chi connectivity index (χ1) is 13.5. The van der Waals surface area contributed by atoms with E-state index in [1.165, 1.54) is 11.3 Å². The summed E-state index contributed by atoms with van der Waals surface area (Å²) in [5.74, 6) is 0.785. The van der Waals surface area contributed by atoms with Crippen LogP contribution in [0.4, 0.5) is 11.4 Å². The van der Waals surface area contributed by atoms with Crippen molar-refractivity contribution in [2.75, 3.05) is 26.1 Å². The second-order valence-corrected chi connectivity index (χ2v) is 7.30. The van der Waals surface area contributed by atoms with Gasteiger partial charge in [-0.3, -0.25) is 10.1 Å². The number of hydrogen-bond acceptors (Lipinski definition) is 7. The lowest BCUT2D eigenvalue weighted by atomic mass is 10.1. The highest BCUT2D eigenvalue weighted by Gasteiger charge is 2.19. The fourth-order valence-electron chi connectivity index (χ4n) is 2.90. The van der Waals surface area contributed by atoms with Crippen molar-refractivity contribution in [3.8, 4) is 27.6 Å². The number of ether oxygens (including phenoxy) is 1. The first-order valence-electron chi connectivity index (χ1n) is 8.43. The van der Waals surface area contributed by atoms with Gasteiger partial charge >= 0.3 is 0 Å². The number of nitro benzene ring substituents is 1. The molecule has 4 rings (SSSR count). The Morgan fingerprint density at radius 2 is 1.86 bits per heavy atom. The molecule has 8 nitrogen and oxygen atoms in total. The molecule has 142 valence electrons. The quantitative estimate of drug-likeness (QED) is 0.373. The molecular formula is C19H17N5O3S. The van der Waals surface area contributed by atoms with Crippen molar-refractivity contribution >= 4 is 27.7 Å². The number of aromatic nitrogens is 3. The van der Waals surface area contributed by atoms with Gasteiger partial charge in [-0.05, 0) is 36.4 Å². The normalized spacial score (nSPS) is 11.0. The Kier molecular flexibility index (Phi) is 4.44. The van der Waals surface area contributed by atoms with Crippen molar-refractivity contribution in [3.05, 3.63) is 58.8 Å². The van der Waals surface area contributed by atoms with Crippen molar-refractivity contribution in [1.29, 1.82) is 0 Å². The smallest absolute Gasteiger partial charge is 0.293 e. The van der Waals surface area contributed by atoms with Crippen LogP contribution in [-0.4, -0.2) is 40.7 Å². The second kappa shape index (κ2) is 6.93. The number of hydrogen-bond donors (Lipinski definition) is 0. The van der Waals surface area contributed by atoms with Crippen molar-refractivity contribution in [2.45, 2.75) is 0 Å². The summed E-state index contributed by atoms with van der Waals surface area (Å²) >= 11 is 1.39. The van der Waals surface area contributed by atoms with Crippen LogP contribution >= 0.6 is 11.3 Å². The van der Waals surface area contributed by atoms with Crippen molar-refractivity contribution in [3.63, 3.8) is 0 Å². The monoisotopic (exact) mass is 395 g/mol. The fraction of sp³-hybridized carbons (Fsp3) is 0.158. The van der Waals surface area contributed by atoms with E-state index in [1.807, 2.05) is 36.5 Å². The molecule has 0 unspecified atom stereocenters. The zero-order valence-electron chi connectivity index (χ0n) is 15.5. The zero-order chi connectivity index (χ0) is 19.8. The maximum absolute atomic E-state index is 11.4. The van der Waals surface area contributed by atoms with E-state index in [0.29, 0.717) is 16.3 Å². The Bertz CT molecular complexity index is 1130. The summed E-state index contributed by atoms with van der Waals surface area (Å²) in [6.45, 7) is 0. The lowest BCUT2D eigenvalue weighted by Crippen LogP contribution is -2.10. The Balaban J connectivity index is 1.70. The molecule has 0 saturated carbocycles. The first-order valence-corrected chi connectivity index (χ1v) is 9.24. The maximum Gasteiger partial charge on any atom is 0.293 e. The third-order valence-corrected chi connectivity index (χ3v) is 5.30. The molecule has 0 spiro atoms. The highest BCUT2D eigenvalue weighted by molar-refractivity contribution is 7.19. The number of imidazole rings is 1. The van der Waals surface area contributed by atoms with Gasteiger partial charge in [0.2, 0.25) is 4.96 Å². The van der Waals surface area contributed by atoms with E-state index in [2.05, 4.69) is 10.1 Å². The molecule has 0 aliphatic rings. The molecule has 0 bridgehead atoms. The van der Waals surface area contributed by atoms with E-state index in [1.54, 1.807) is 42.8 Å². The van der Waals surface area contributed by atoms with Crippen molar-refractivity contribution in [2.24, 2.45) is 0 Å². The molecule has 0 atom stereocenters. The molecule has 2 aromatic carbocycles. The number of fused-ring (bicyclic) bond motifs is 1. The summed E-state index contributed by atoms with van der Waals surface area (Å²) in [5.41, 5.74) is 3.07. The predicted octanol–water partition coefficient (Wildman–Crippen LogP) is 4.11. The molecular weight excluding hydrogens is 378 g/mol. The minimum Gasteiger partial charge on any atom is -0.497 e. The Hall–Kier alpha value is -3.46. The summed E-state index contributed by atoms with van der Waals surface area (Å²) in [4.78, 5) is 18.1. The summed E-state index contributed by atoms with van der Waals surface area (Å²) in [6, 6.07) is 12.8. The number of methoxy groups -OCH3 is 1. The van der Waals surface area contributed by atoms with E-state index in [-0.39, 0.29) is 10.6 Å². The van der Waals surface area contributed by atoms with Gasteiger partial charge in [0, 0.05) is 31.3 Å². The standard InChI is InChI=1S/C19H17N5O3S/c1-22(2)16-9-6-13(10-17(16)24(25)26)18-21-23-11-15(20-19(23)28-18)12-4-7-14(27-3)8-5-12/h4-11H,1-3H3. The molecule has 9 heteroatoms. The molecule has 0 saturated heterocycles. The van der Waals surface area contributed by atoms with Gasteiger partial charge in [-0.1, -0.05) is 11.3 Å². The summed E-state index contributed by atoms with van der Waals surface area (Å²) in [7, 11) is 5.18. The molecule has 0 aliphatic heterocycles. The lowest BCUT2D eigenvalue weighted by Gasteiger charge is -2.12. The van der Waals surface area contributed by atoms with Crippen LogP contribution in [0.3, 0.4) is 0 Å². The Labute approximate surface area is 164 Å². The van der Waals surface area contributed by atoms with Gasteiger partial charge in [-0.25, -0.2) is 9.50 Å². The van der Waals surface area contributed by atoms with Gasteiger partial charge in [-0.15, -0.1) is 0 Å². The van der Waals surface area contributed by atoms with E-state index in [0.717, 1.165) is 22.0 Å². The van der Waals surface area contributed by atoms with Crippen molar-refractivity contribution < 1.29 is 9.66 Å². The van der Waals surface area contributed by atoms with Crippen LogP contribution in [0.25, 0.3) is 26.8 Å². The largest absolute Gasteiger partial charge is 0.497 e. The highest BCUT2D eigenvalue weighted by atomic mass is 32.1. The van der Waals surface area contributed by atoms with Crippen LogP contribution in [0.15, 0.2) is 48.7 Å². The molecule has 2 aromatic heterocycles. The molecule has 0 amide bonds. The van der Waals surface area contributed by atoms with Crippen LogP contribution < -0.4 is 9.64 Å². The van der Waals surface area contributed by atoms with Crippen LogP contribution in [0.2, 0.25) is 0 Å². The van der Waals surface area contributed by atoms with Gasteiger partial charge in [0.1, 0.15) is 16.4 Å². The molecule has 0 N–H and O–H groups in total. The molecule has 4 aromatic rings. The molecule has 0 fully saturated rings. The third-order valence-electron chi connectivity index (χ3n) is 4.33. The summed E-state index contributed by atoms with van der Waals surface area (Å²) in [6.07, 6.45) is 1.85. The van der Waals surface area contributed by atoms with E-state index in [4.69, 9.17) is 4.74 Å². The second-order valence-electron chi connectivity index (χ2n) is 6.34. The molecule has 0 aliphatic carbocycles. The summed E-state index contributed by atoms with van der Waals surface area (Å²) in [5, 5.41) is 16.6. The fourth-order valence-corrected chi connectivity index (χ4v) is 3.78. The third kappa shape index (κ3) is 3.16. The number of benzene rings is 2. The minimum atomic E-state index is -0.376. The number of nitro groups is 1. The van der Waals surface area contributed by atoms with Gasteiger partial charge in [0.25, 0.3) is 5.69 Å². The zero-order valence-corrected chi connectivity index (χ0v) is 16.3. The van der Waals surface area contributed by atoms with E-state index in [9.17, 15) is 10.1 Å². The predicted molar refractivity (Wildman–Crippen MR) is 109 cm³/mol. The molecule has 28 heavy (non-hydrogen) atoms. The molecule has 2 heterocycles. The number of rotatable bonds is 5. The van der Waals surface area contributed by atoms with E-state index >= 15 is 0 Å². The number of nitrogens with zero attached hydrogens (tertiary/aromatic N) is 5. The Morgan fingerprint density at radius 1 is 1.14 bits per heavy atom. The first kappa shape index (κ1) is 17.9. The lowest BCUT2D eigenvalue weighted by molar-refractivity contribution is -0.384. The minimum absolute atomic E-state index is 0.0502. The van der Waals surface area contributed by atoms with E-state index < -0.39 is 0 Å². The van der Waals surface area contributed by atoms with Crippen LogP contribution in [0.1, 0.15) is 0 Å². The van der Waals surface area contributed by atoms with Crippen LogP contribution in [0.5, 0.6) is 5.75 Å². The maximum atomic E-state index is 11.4. The van der Waals surface area contributed by atoms with Gasteiger partial charge in [-0.2, -0.15) is 5.10 Å². The highest BCUT2D eigenvalue weighted by Crippen LogP contribution is 2.34. The van der Waals surface area contributed by atoms with Crippen molar-refractivity contribution in [1.82, 2.24) is 14.6 Å². The summed E-state index contributed by atoms with van der Waals surface area (Å²) < 4.78 is 6.88. The van der Waals surface area contributed by atoms with Crippen LogP contribution in [-0.2, 0) is 0 Å².